The summed E-state index contributed by atoms with van der Waals surface area (Å²) in [5, 5.41) is 12.2. The summed E-state index contributed by atoms with van der Waals surface area (Å²) < 4.78 is 0. The van der Waals surface area contributed by atoms with Crippen LogP contribution in [0.15, 0.2) is 64.9 Å². The molecule has 0 fully saturated rings. The summed E-state index contributed by atoms with van der Waals surface area (Å²) in [6, 6.07) is 17.5. The number of hydrogen-bond acceptors (Lipinski definition) is 5. The molecule has 0 saturated carbocycles. The summed E-state index contributed by atoms with van der Waals surface area (Å²) in [7, 11) is 0. The average Bonchev–Trinajstić information content (AvgIpc) is 3.06. The maximum Gasteiger partial charge on any atom is 0.236 e. The number of carbonyl (C=O) groups is 1. The highest BCUT2D eigenvalue weighted by atomic mass is 32.2. The van der Waals surface area contributed by atoms with Crippen molar-refractivity contribution in [1.29, 1.82) is 0 Å². The Bertz CT molecular complexity index is 927. The van der Waals surface area contributed by atoms with Crippen LogP contribution in [0.1, 0.15) is 5.69 Å². The van der Waals surface area contributed by atoms with Crippen LogP contribution in [0.4, 0.5) is 16.5 Å². The Morgan fingerprint density at radius 3 is 2.56 bits per heavy atom. The molecule has 0 spiro atoms. The minimum absolute atomic E-state index is 0.0750. The second-order valence-electron chi connectivity index (χ2n) is 5.60. The van der Waals surface area contributed by atoms with Crippen molar-refractivity contribution < 1.29 is 4.79 Å². The molecule has 1 heterocycles. The van der Waals surface area contributed by atoms with Gasteiger partial charge in [0.25, 0.3) is 0 Å². The number of thioether (sulfide) groups is 1. The van der Waals surface area contributed by atoms with E-state index in [1.807, 2.05) is 66.9 Å². The van der Waals surface area contributed by atoms with E-state index in [2.05, 4.69) is 20.9 Å². The summed E-state index contributed by atoms with van der Waals surface area (Å²) in [4.78, 5) is 17.3. The van der Waals surface area contributed by atoms with Gasteiger partial charge in [0.05, 0.1) is 11.4 Å². The number of thiazole rings is 1. The van der Waals surface area contributed by atoms with Crippen molar-refractivity contribution in [3.05, 3.63) is 65.7 Å². The van der Waals surface area contributed by atoms with Gasteiger partial charge in [-0.2, -0.15) is 0 Å². The normalized spacial score (nSPS) is 10.3. The molecular weight excluding hydrogens is 396 g/mol. The maximum atomic E-state index is 12.0. The second-order valence-corrected chi connectivity index (χ2v) is 7.92. The number of amides is 1. The minimum atomic E-state index is -0.0750. The van der Waals surface area contributed by atoms with Crippen molar-refractivity contribution in [2.75, 3.05) is 21.7 Å². The second kappa shape index (κ2) is 9.50. The number of aryl methyl sites for hydroxylation is 1. The Labute approximate surface area is 171 Å². The van der Waals surface area contributed by atoms with Crippen molar-refractivity contribution >= 4 is 62.8 Å². The fourth-order valence-electron chi connectivity index (χ4n) is 2.19. The first-order valence-electron chi connectivity index (χ1n) is 8.16. The number of nitrogens with zero attached hydrogens (tertiary/aromatic N) is 1. The standard InChI is InChI=1S/C19H18N4OS3/c1-13-11-27-19(20-13)23-17(24)12-26-16-9-5-8-15(10-16)22-18(25)21-14-6-3-2-4-7-14/h2-11H,12H2,1H3,(H,20,23,24)(H2,21,22,25). The third kappa shape index (κ3) is 6.35. The zero-order chi connectivity index (χ0) is 19.1. The number of anilines is 3. The van der Waals surface area contributed by atoms with E-state index in [1.165, 1.54) is 23.1 Å². The molecule has 1 aromatic heterocycles. The number of rotatable bonds is 6. The van der Waals surface area contributed by atoms with E-state index in [0.717, 1.165) is 22.0 Å². The van der Waals surface area contributed by atoms with E-state index in [0.29, 0.717) is 16.0 Å². The molecule has 2 aromatic carbocycles. The molecule has 3 rings (SSSR count). The molecule has 0 radical (unpaired) electrons. The Balaban J connectivity index is 1.50. The lowest BCUT2D eigenvalue weighted by Gasteiger charge is -2.11. The van der Waals surface area contributed by atoms with Crippen LogP contribution in [-0.2, 0) is 4.79 Å². The van der Waals surface area contributed by atoms with E-state index in [4.69, 9.17) is 12.2 Å². The largest absolute Gasteiger partial charge is 0.332 e. The first kappa shape index (κ1) is 19.3. The molecule has 0 bridgehead atoms. The number of aromatic nitrogens is 1. The molecular formula is C19H18N4OS3. The molecule has 1 amide bonds. The first-order chi connectivity index (χ1) is 13.1. The van der Waals surface area contributed by atoms with Gasteiger partial charge in [0.1, 0.15) is 0 Å². The van der Waals surface area contributed by atoms with Crippen LogP contribution < -0.4 is 16.0 Å². The van der Waals surface area contributed by atoms with Crippen LogP contribution in [0.3, 0.4) is 0 Å². The van der Waals surface area contributed by atoms with E-state index in [9.17, 15) is 4.79 Å². The third-order valence-electron chi connectivity index (χ3n) is 3.36. The van der Waals surface area contributed by atoms with Crippen molar-refractivity contribution in [1.82, 2.24) is 4.98 Å². The third-order valence-corrected chi connectivity index (χ3v) is 5.43. The van der Waals surface area contributed by atoms with Gasteiger partial charge in [0, 0.05) is 21.7 Å². The number of thiocarbonyl (C=S) groups is 1. The Kier molecular flexibility index (Phi) is 6.80. The lowest BCUT2D eigenvalue weighted by molar-refractivity contribution is -0.113. The molecule has 0 atom stereocenters. The van der Waals surface area contributed by atoms with Gasteiger partial charge < -0.3 is 16.0 Å². The zero-order valence-electron chi connectivity index (χ0n) is 14.6. The highest BCUT2D eigenvalue weighted by Gasteiger charge is 2.07. The van der Waals surface area contributed by atoms with E-state index in [1.54, 1.807) is 0 Å². The summed E-state index contributed by atoms with van der Waals surface area (Å²) in [6.07, 6.45) is 0. The predicted octanol–water partition coefficient (Wildman–Crippen LogP) is 4.99. The molecule has 0 aliphatic carbocycles. The molecule has 3 aromatic rings. The van der Waals surface area contributed by atoms with Crippen molar-refractivity contribution in [2.45, 2.75) is 11.8 Å². The molecule has 27 heavy (non-hydrogen) atoms. The van der Waals surface area contributed by atoms with Gasteiger partial charge in [-0.25, -0.2) is 4.98 Å². The number of para-hydroxylation sites is 1. The van der Waals surface area contributed by atoms with Gasteiger partial charge in [0.2, 0.25) is 5.91 Å². The van der Waals surface area contributed by atoms with Gasteiger partial charge in [-0.05, 0) is 49.5 Å². The Morgan fingerprint density at radius 2 is 1.81 bits per heavy atom. The number of hydrogen-bond donors (Lipinski definition) is 3. The summed E-state index contributed by atoms with van der Waals surface area (Å²) in [6.45, 7) is 1.90. The molecule has 8 heteroatoms. The van der Waals surface area contributed by atoms with E-state index >= 15 is 0 Å². The predicted molar refractivity (Wildman–Crippen MR) is 119 cm³/mol. The highest BCUT2D eigenvalue weighted by Crippen LogP contribution is 2.22. The van der Waals surface area contributed by atoms with Gasteiger partial charge in [-0.1, -0.05) is 24.3 Å². The van der Waals surface area contributed by atoms with Gasteiger partial charge in [-0.3, -0.25) is 4.79 Å². The van der Waals surface area contributed by atoms with E-state index < -0.39 is 0 Å². The minimum Gasteiger partial charge on any atom is -0.332 e. The van der Waals surface area contributed by atoms with Crippen molar-refractivity contribution in [3.63, 3.8) is 0 Å². The van der Waals surface area contributed by atoms with Gasteiger partial charge in [-0.15, -0.1) is 23.1 Å². The fraction of sp³-hybridized carbons (Fsp3) is 0.105. The molecule has 138 valence electrons. The number of carbonyl (C=O) groups excluding carboxylic acids is 1. The van der Waals surface area contributed by atoms with Gasteiger partial charge in [0.15, 0.2) is 10.2 Å². The summed E-state index contributed by atoms with van der Waals surface area (Å²) in [5.74, 6) is 0.239. The molecule has 0 unspecified atom stereocenters. The highest BCUT2D eigenvalue weighted by molar-refractivity contribution is 8.00. The van der Waals surface area contributed by atoms with Gasteiger partial charge >= 0.3 is 0 Å². The van der Waals surface area contributed by atoms with Crippen LogP contribution in [-0.4, -0.2) is 21.8 Å². The topological polar surface area (TPSA) is 66.1 Å². The first-order valence-corrected chi connectivity index (χ1v) is 10.4. The zero-order valence-corrected chi connectivity index (χ0v) is 17.0. The lowest BCUT2D eigenvalue weighted by Crippen LogP contribution is -2.19. The lowest BCUT2D eigenvalue weighted by atomic mass is 10.3. The summed E-state index contributed by atoms with van der Waals surface area (Å²) >= 11 is 8.23. The van der Waals surface area contributed by atoms with E-state index in [-0.39, 0.29) is 5.91 Å². The maximum absolute atomic E-state index is 12.0. The summed E-state index contributed by atoms with van der Waals surface area (Å²) in [5.41, 5.74) is 2.70. The van der Waals surface area contributed by atoms with Crippen molar-refractivity contribution in [3.8, 4) is 0 Å². The Hall–Kier alpha value is -2.42. The molecule has 5 nitrogen and oxygen atoms in total. The van der Waals surface area contributed by atoms with Crippen LogP contribution in [0.5, 0.6) is 0 Å². The average molecular weight is 415 g/mol. The van der Waals surface area contributed by atoms with Crippen LogP contribution in [0, 0.1) is 6.92 Å². The SMILES string of the molecule is Cc1csc(NC(=O)CSc2cccc(NC(=S)Nc3ccccc3)c2)n1. The Morgan fingerprint density at radius 1 is 1.07 bits per heavy atom. The van der Waals surface area contributed by atoms with Crippen LogP contribution in [0.2, 0.25) is 0 Å². The van der Waals surface area contributed by atoms with Crippen LogP contribution in [0.25, 0.3) is 0 Å². The monoisotopic (exact) mass is 414 g/mol. The quantitative estimate of drug-likeness (QED) is 0.390. The van der Waals surface area contributed by atoms with Crippen LogP contribution >= 0.6 is 35.3 Å². The fourth-order valence-corrected chi connectivity index (χ4v) is 3.89. The smallest absolute Gasteiger partial charge is 0.236 e. The molecule has 0 aliphatic heterocycles. The van der Waals surface area contributed by atoms with Crippen molar-refractivity contribution in [2.24, 2.45) is 0 Å². The molecule has 0 saturated heterocycles. The number of nitrogens with one attached hydrogen (secondary N) is 3. The number of benzene rings is 2. The molecule has 0 aliphatic rings. The molecule has 3 N–H and O–H groups in total.